The van der Waals surface area contributed by atoms with Gasteiger partial charge in [0.15, 0.2) is 0 Å². The molecular weight excluding hydrogens is 248 g/mol. The maximum atomic E-state index is 11.1. The van der Waals surface area contributed by atoms with Crippen LogP contribution in [0.1, 0.15) is 10.4 Å². The van der Waals surface area contributed by atoms with E-state index in [9.17, 15) is 4.79 Å². The van der Waals surface area contributed by atoms with Crippen LogP contribution in [0.25, 0.3) is 0 Å². The molecule has 1 heterocycles. The van der Waals surface area contributed by atoms with Crippen LogP contribution < -0.4 is 10.5 Å². The average Bonchev–Trinajstić information content (AvgIpc) is 2.39. The number of nitrogens with two attached hydrogens (primary N) is 1. The van der Waals surface area contributed by atoms with Crippen molar-refractivity contribution in [2.45, 2.75) is 0 Å². The first kappa shape index (κ1) is 13.6. The van der Waals surface area contributed by atoms with Crippen LogP contribution in [0, 0.1) is 0 Å². The quantitative estimate of drug-likeness (QED) is 0.762. The summed E-state index contributed by atoms with van der Waals surface area (Å²) >= 11 is 0. The van der Waals surface area contributed by atoms with Gasteiger partial charge in [-0.1, -0.05) is 6.07 Å². The predicted molar refractivity (Wildman–Crippen MR) is 70.6 cm³/mol. The van der Waals surface area contributed by atoms with E-state index in [1.54, 1.807) is 18.2 Å². The van der Waals surface area contributed by atoms with Gasteiger partial charge < -0.3 is 20.3 Å². The number of ether oxygens (including phenoxy) is 2. The van der Waals surface area contributed by atoms with Crippen molar-refractivity contribution in [1.29, 1.82) is 0 Å². The van der Waals surface area contributed by atoms with Gasteiger partial charge in [-0.2, -0.15) is 0 Å². The summed E-state index contributed by atoms with van der Waals surface area (Å²) in [4.78, 5) is 13.3. The summed E-state index contributed by atoms with van der Waals surface area (Å²) in [6, 6.07) is 4.86. The summed E-state index contributed by atoms with van der Waals surface area (Å²) in [6.45, 7) is 4.41. The van der Waals surface area contributed by atoms with Crippen LogP contribution in [-0.2, 0) is 4.74 Å². The van der Waals surface area contributed by atoms with Gasteiger partial charge in [0, 0.05) is 25.3 Å². The number of carboxylic acid groups (broad SMARTS) is 1. The van der Waals surface area contributed by atoms with E-state index in [4.69, 9.17) is 20.3 Å². The molecule has 104 valence electrons. The smallest absolute Gasteiger partial charge is 0.341 e. The van der Waals surface area contributed by atoms with Crippen molar-refractivity contribution in [2.24, 2.45) is 0 Å². The number of carbonyl (C=O) groups is 1. The minimum atomic E-state index is -1.07. The van der Waals surface area contributed by atoms with Gasteiger partial charge in [-0.05, 0) is 12.1 Å². The van der Waals surface area contributed by atoms with Crippen molar-refractivity contribution in [3.05, 3.63) is 23.8 Å². The van der Waals surface area contributed by atoms with Crippen molar-refractivity contribution in [1.82, 2.24) is 4.90 Å². The summed E-state index contributed by atoms with van der Waals surface area (Å²) < 4.78 is 10.8. The van der Waals surface area contributed by atoms with E-state index < -0.39 is 5.97 Å². The van der Waals surface area contributed by atoms with E-state index >= 15 is 0 Å². The molecule has 1 fully saturated rings. The topological polar surface area (TPSA) is 85.0 Å². The fraction of sp³-hybridized carbons (Fsp3) is 0.462. The average molecular weight is 266 g/mol. The van der Waals surface area contributed by atoms with Crippen LogP contribution in [0.2, 0.25) is 0 Å². The Kier molecular flexibility index (Phi) is 4.59. The van der Waals surface area contributed by atoms with Gasteiger partial charge in [0.25, 0.3) is 0 Å². The predicted octanol–water partition coefficient (Wildman–Crippen LogP) is 0.678. The van der Waals surface area contributed by atoms with Gasteiger partial charge in [0.2, 0.25) is 0 Å². The third kappa shape index (κ3) is 3.59. The fourth-order valence-electron chi connectivity index (χ4n) is 2.01. The molecule has 0 bridgehead atoms. The van der Waals surface area contributed by atoms with Crippen molar-refractivity contribution in [2.75, 3.05) is 45.2 Å². The third-order valence-electron chi connectivity index (χ3n) is 3.04. The lowest BCUT2D eigenvalue weighted by Gasteiger charge is -2.26. The molecular formula is C13H18N2O4. The Morgan fingerprint density at radius 2 is 2.16 bits per heavy atom. The maximum Gasteiger partial charge on any atom is 0.341 e. The maximum absolute atomic E-state index is 11.1. The second-order valence-corrected chi connectivity index (χ2v) is 4.33. The molecule has 1 aliphatic heterocycles. The molecule has 19 heavy (non-hydrogen) atoms. The first-order valence-corrected chi connectivity index (χ1v) is 6.23. The number of rotatable bonds is 5. The van der Waals surface area contributed by atoms with E-state index in [2.05, 4.69) is 4.90 Å². The summed E-state index contributed by atoms with van der Waals surface area (Å²) in [5, 5.41) is 9.11. The molecule has 0 spiro atoms. The molecule has 3 N–H and O–H groups in total. The lowest BCUT2D eigenvalue weighted by molar-refractivity contribution is 0.0321. The van der Waals surface area contributed by atoms with Crippen molar-refractivity contribution < 1.29 is 19.4 Å². The van der Waals surface area contributed by atoms with Crippen LogP contribution in [-0.4, -0.2) is 55.4 Å². The van der Waals surface area contributed by atoms with E-state index in [1.165, 1.54) is 0 Å². The van der Waals surface area contributed by atoms with Crippen LogP contribution in [0.5, 0.6) is 5.75 Å². The molecule has 2 rings (SSSR count). The Morgan fingerprint density at radius 1 is 1.42 bits per heavy atom. The summed E-state index contributed by atoms with van der Waals surface area (Å²) in [5.41, 5.74) is 5.90. The Morgan fingerprint density at radius 3 is 2.84 bits per heavy atom. The molecule has 6 nitrogen and oxygen atoms in total. The second-order valence-electron chi connectivity index (χ2n) is 4.33. The SMILES string of the molecule is Nc1cccc(OCCN2CCOCC2)c1C(=O)O. The molecule has 0 atom stereocenters. The number of morpholine rings is 1. The number of benzene rings is 1. The highest BCUT2D eigenvalue weighted by Crippen LogP contribution is 2.24. The zero-order chi connectivity index (χ0) is 13.7. The molecule has 0 unspecified atom stereocenters. The Labute approximate surface area is 111 Å². The molecule has 1 aliphatic rings. The molecule has 1 saturated heterocycles. The lowest BCUT2D eigenvalue weighted by Crippen LogP contribution is -2.38. The normalized spacial score (nSPS) is 16.2. The minimum Gasteiger partial charge on any atom is -0.491 e. The third-order valence-corrected chi connectivity index (χ3v) is 3.04. The van der Waals surface area contributed by atoms with Gasteiger partial charge in [0.1, 0.15) is 17.9 Å². The van der Waals surface area contributed by atoms with E-state index in [0.717, 1.165) is 32.8 Å². The Bertz CT molecular complexity index is 444. The van der Waals surface area contributed by atoms with Gasteiger partial charge in [0.05, 0.1) is 13.2 Å². The number of nitrogen functional groups attached to an aromatic ring is 1. The highest BCUT2D eigenvalue weighted by molar-refractivity contribution is 5.96. The molecule has 0 amide bonds. The van der Waals surface area contributed by atoms with Crippen molar-refractivity contribution in [3.8, 4) is 5.75 Å². The molecule has 0 saturated carbocycles. The summed E-state index contributed by atoms with van der Waals surface area (Å²) in [6.07, 6.45) is 0. The van der Waals surface area contributed by atoms with Crippen LogP contribution in [0.3, 0.4) is 0 Å². The van der Waals surface area contributed by atoms with Crippen LogP contribution >= 0.6 is 0 Å². The number of hydrogen-bond donors (Lipinski definition) is 2. The summed E-state index contributed by atoms with van der Waals surface area (Å²) in [5.74, 6) is -0.750. The highest BCUT2D eigenvalue weighted by atomic mass is 16.5. The largest absolute Gasteiger partial charge is 0.491 e. The molecule has 0 aliphatic carbocycles. The van der Waals surface area contributed by atoms with E-state index in [1.807, 2.05) is 0 Å². The van der Waals surface area contributed by atoms with Crippen LogP contribution in [0.4, 0.5) is 5.69 Å². The molecule has 6 heteroatoms. The Balaban J connectivity index is 1.92. The van der Waals surface area contributed by atoms with E-state index in [0.29, 0.717) is 12.4 Å². The van der Waals surface area contributed by atoms with Crippen LogP contribution in [0.15, 0.2) is 18.2 Å². The number of nitrogens with zero attached hydrogens (tertiary/aromatic N) is 1. The molecule has 0 aromatic heterocycles. The molecule has 1 aromatic rings. The standard InChI is InChI=1S/C13H18N2O4/c14-10-2-1-3-11(12(10)13(16)17)19-9-6-15-4-7-18-8-5-15/h1-3H,4-9,14H2,(H,16,17). The summed E-state index contributed by atoms with van der Waals surface area (Å²) in [7, 11) is 0. The van der Waals surface area contributed by atoms with Crippen molar-refractivity contribution >= 4 is 11.7 Å². The lowest BCUT2D eigenvalue weighted by atomic mass is 10.1. The fourth-order valence-corrected chi connectivity index (χ4v) is 2.01. The zero-order valence-electron chi connectivity index (χ0n) is 10.7. The number of aromatic carboxylic acids is 1. The van der Waals surface area contributed by atoms with Gasteiger partial charge in [-0.3, -0.25) is 4.90 Å². The number of carboxylic acids is 1. The molecule has 1 aromatic carbocycles. The minimum absolute atomic E-state index is 0.0319. The number of anilines is 1. The highest BCUT2D eigenvalue weighted by Gasteiger charge is 2.15. The monoisotopic (exact) mass is 266 g/mol. The van der Waals surface area contributed by atoms with Crippen molar-refractivity contribution in [3.63, 3.8) is 0 Å². The second kappa shape index (κ2) is 6.40. The Hall–Kier alpha value is -1.79. The van der Waals surface area contributed by atoms with Gasteiger partial charge >= 0.3 is 5.97 Å². The molecule has 0 radical (unpaired) electrons. The first-order valence-electron chi connectivity index (χ1n) is 6.23. The number of hydrogen-bond acceptors (Lipinski definition) is 5. The van der Waals surface area contributed by atoms with E-state index in [-0.39, 0.29) is 11.3 Å². The zero-order valence-corrected chi connectivity index (χ0v) is 10.7. The van der Waals surface area contributed by atoms with Gasteiger partial charge in [-0.15, -0.1) is 0 Å². The van der Waals surface area contributed by atoms with Gasteiger partial charge in [-0.25, -0.2) is 4.79 Å². The first-order chi connectivity index (χ1) is 9.18.